The smallest absolute Gasteiger partial charge is 0.224 e. The SMILES string of the molecule is Cn1cc(NC(=O)C[C@@H]2CCC[C@H]2N)cn1. The lowest BCUT2D eigenvalue weighted by molar-refractivity contribution is -0.117. The summed E-state index contributed by atoms with van der Waals surface area (Å²) in [5.74, 6) is 0.382. The summed E-state index contributed by atoms with van der Waals surface area (Å²) in [4.78, 5) is 11.7. The number of hydrogen-bond acceptors (Lipinski definition) is 3. The number of anilines is 1. The zero-order valence-corrected chi connectivity index (χ0v) is 9.52. The molecule has 2 rings (SSSR count). The van der Waals surface area contributed by atoms with Gasteiger partial charge in [0.25, 0.3) is 0 Å². The molecule has 88 valence electrons. The fraction of sp³-hybridized carbons (Fsp3) is 0.636. The number of aryl methyl sites for hydroxylation is 1. The van der Waals surface area contributed by atoms with Crippen molar-refractivity contribution >= 4 is 11.6 Å². The minimum Gasteiger partial charge on any atom is -0.327 e. The molecule has 0 aliphatic heterocycles. The van der Waals surface area contributed by atoms with Gasteiger partial charge in [-0.05, 0) is 18.8 Å². The molecule has 16 heavy (non-hydrogen) atoms. The predicted octanol–water partition coefficient (Wildman–Crippen LogP) is 0.876. The monoisotopic (exact) mass is 222 g/mol. The van der Waals surface area contributed by atoms with Gasteiger partial charge in [0.1, 0.15) is 0 Å². The lowest BCUT2D eigenvalue weighted by Gasteiger charge is -2.14. The first-order valence-corrected chi connectivity index (χ1v) is 5.69. The van der Waals surface area contributed by atoms with E-state index in [9.17, 15) is 4.79 Å². The molecule has 1 fully saturated rings. The molecule has 2 atom stereocenters. The number of carbonyl (C=O) groups is 1. The van der Waals surface area contributed by atoms with E-state index >= 15 is 0 Å². The van der Waals surface area contributed by atoms with Crippen LogP contribution in [0.15, 0.2) is 12.4 Å². The van der Waals surface area contributed by atoms with E-state index in [1.165, 1.54) is 0 Å². The molecule has 0 aromatic carbocycles. The molecule has 1 saturated carbocycles. The maximum atomic E-state index is 11.7. The van der Waals surface area contributed by atoms with E-state index in [2.05, 4.69) is 10.4 Å². The number of nitrogens with one attached hydrogen (secondary N) is 1. The van der Waals surface area contributed by atoms with E-state index in [1.54, 1.807) is 17.1 Å². The zero-order chi connectivity index (χ0) is 11.5. The molecule has 5 nitrogen and oxygen atoms in total. The summed E-state index contributed by atoms with van der Waals surface area (Å²) in [5, 5.41) is 6.83. The lowest BCUT2D eigenvalue weighted by atomic mass is 10.00. The zero-order valence-electron chi connectivity index (χ0n) is 9.52. The number of carbonyl (C=O) groups excluding carboxylic acids is 1. The third-order valence-electron chi connectivity index (χ3n) is 3.15. The number of nitrogens with two attached hydrogens (primary N) is 1. The van der Waals surface area contributed by atoms with Gasteiger partial charge in [0.2, 0.25) is 5.91 Å². The van der Waals surface area contributed by atoms with Crippen molar-refractivity contribution in [1.82, 2.24) is 9.78 Å². The summed E-state index contributed by atoms with van der Waals surface area (Å²) in [7, 11) is 1.82. The Kier molecular flexibility index (Phi) is 3.24. The Bertz CT molecular complexity index is 374. The molecule has 1 aliphatic rings. The molecule has 1 aliphatic carbocycles. The molecule has 1 aromatic heterocycles. The fourth-order valence-electron chi connectivity index (χ4n) is 2.25. The maximum Gasteiger partial charge on any atom is 0.224 e. The summed E-state index contributed by atoms with van der Waals surface area (Å²) in [6, 6.07) is 0.194. The van der Waals surface area contributed by atoms with Gasteiger partial charge in [0.05, 0.1) is 11.9 Å². The van der Waals surface area contributed by atoms with Crippen LogP contribution in [-0.4, -0.2) is 21.7 Å². The molecule has 0 radical (unpaired) electrons. The van der Waals surface area contributed by atoms with Gasteiger partial charge < -0.3 is 11.1 Å². The molecule has 1 amide bonds. The van der Waals surface area contributed by atoms with Crippen molar-refractivity contribution < 1.29 is 4.79 Å². The average Bonchev–Trinajstić information content (AvgIpc) is 2.77. The van der Waals surface area contributed by atoms with Crippen molar-refractivity contribution in [2.24, 2.45) is 18.7 Å². The Morgan fingerprint density at radius 3 is 3.06 bits per heavy atom. The molecule has 0 spiro atoms. The van der Waals surface area contributed by atoms with E-state index in [4.69, 9.17) is 5.73 Å². The van der Waals surface area contributed by atoms with Crippen LogP contribution < -0.4 is 11.1 Å². The first-order chi connectivity index (χ1) is 7.65. The molecule has 1 heterocycles. The summed E-state index contributed by atoms with van der Waals surface area (Å²) in [6.45, 7) is 0. The maximum absolute atomic E-state index is 11.7. The van der Waals surface area contributed by atoms with Gasteiger partial charge in [-0.25, -0.2) is 0 Å². The van der Waals surface area contributed by atoms with Gasteiger partial charge in [0, 0.05) is 25.7 Å². The minimum absolute atomic E-state index is 0.0374. The topological polar surface area (TPSA) is 72.9 Å². The Morgan fingerprint density at radius 2 is 2.50 bits per heavy atom. The molecule has 1 aromatic rings. The third-order valence-corrected chi connectivity index (χ3v) is 3.15. The van der Waals surface area contributed by atoms with Gasteiger partial charge >= 0.3 is 0 Å². The van der Waals surface area contributed by atoms with E-state index in [-0.39, 0.29) is 11.9 Å². The summed E-state index contributed by atoms with van der Waals surface area (Å²) in [5.41, 5.74) is 6.68. The molecular formula is C11H18N4O. The second-order valence-corrected chi connectivity index (χ2v) is 4.51. The van der Waals surface area contributed by atoms with Gasteiger partial charge in [-0.15, -0.1) is 0 Å². The van der Waals surface area contributed by atoms with E-state index in [0.29, 0.717) is 12.3 Å². The van der Waals surface area contributed by atoms with Crippen LogP contribution in [0.5, 0.6) is 0 Å². The highest BCUT2D eigenvalue weighted by atomic mass is 16.1. The second-order valence-electron chi connectivity index (χ2n) is 4.51. The van der Waals surface area contributed by atoms with Crippen LogP contribution in [0.3, 0.4) is 0 Å². The number of rotatable bonds is 3. The standard InChI is InChI=1S/C11H18N4O/c1-15-7-9(6-13-15)14-11(16)5-8-3-2-4-10(8)12/h6-8,10H,2-5,12H2,1H3,(H,14,16)/t8-,10+/m0/s1. The molecule has 0 bridgehead atoms. The van der Waals surface area contributed by atoms with Crippen LogP contribution in [0, 0.1) is 5.92 Å². The van der Waals surface area contributed by atoms with Crippen molar-refractivity contribution in [3.8, 4) is 0 Å². The summed E-state index contributed by atoms with van der Waals surface area (Å²) >= 11 is 0. The number of hydrogen-bond donors (Lipinski definition) is 2. The first-order valence-electron chi connectivity index (χ1n) is 5.69. The fourth-order valence-corrected chi connectivity index (χ4v) is 2.25. The molecular weight excluding hydrogens is 204 g/mol. The van der Waals surface area contributed by atoms with E-state index in [0.717, 1.165) is 24.9 Å². The molecule has 5 heteroatoms. The highest BCUT2D eigenvalue weighted by molar-refractivity contribution is 5.90. The normalized spacial score (nSPS) is 24.6. The number of aromatic nitrogens is 2. The van der Waals surface area contributed by atoms with Crippen LogP contribution in [-0.2, 0) is 11.8 Å². The Labute approximate surface area is 95.0 Å². The van der Waals surface area contributed by atoms with Crippen LogP contribution >= 0.6 is 0 Å². The first kappa shape index (κ1) is 11.1. The van der Waals surface area contributed by atoms with Crippen molar-refractivity contribution in [2.75, 3.05) is 5.32 Å². The highest BCUT2D eigenvalue weighted by Gasteiger charge is 2.26. The Balaban J connectivity index is 1.84. The van der Waals surface area contributed by atoms with Crippen LogP contribution in [0.1, 0.15) is 25.7 Å². The van der Waals surface area contributed by atoms with Gasteiger partial charge in [-0.2, -0.15) is 5.10 Å². The van der Waals surface area contributed by atoms with Crippen LogP contribution in [0.2, 0.25) is 0 Å². The third kappa shape index (κ3) is 2.61. The molecule has 0 saturated heterocycles. The average molecular weight is 222 g/mol. The highest BCUT2D eigenvalue weighted by Crippen LogP contribution is 2.27. The second kappa shape index (κ2) is 4.65. The number of amides is 1. The van der Waals surface area contributed by atoms with Crippen molar-refractivity contribution in [3.63, 3.8) is 0 Å². The Hall–Kier alpha value is -1.36. The van der Waals surface area contributed by atoms with Crippen molar-refractivity contribution in [3.05, 3.63) is 12.4 Å². The van der Waals surface area contributed by atoms with Crippen molar-refractivity contribution in [1.29, 1.82) is 0 Å². The quantitative estimate of drug-likeness (QED) is 0.797. The Morgan fingerprint density at radius 1 is 1.69 bits per heavy atom. The minimum atomic E-state index is 0.0374. The van der Waals surface area contributed by atoms with Crippen molar-refractivity contribution in [2.45, 2.75) is 31.7 Å². The lowest BCUT2D eigenvalue weighted by Crippen LogP contribution is -2.28. The summed E-state index contributed by atoms with van der Waals surface area (Å²) < 4.78 is 1.66. The predicted molar refractivity (Wildman–Crippen MR) is 61.8 cm³/mol. The van der Waals surface area contributed by atoms with E-state index < -0.39 is 0 Å². The van der Waals surface area contributed by atoms with Crippen LogP contribution in [0.4, 0.5) is 5.69 Å². The van der Waals surface area contributed by atoms with E-state index in [1.807, 2.05) is 7.05 Å². The number of nitrogens with zero attached hydrogens (tertiary/aromatic N) is 2. The largest absolute Gasteiger partial charge is 0.327 e. The summed E-state index contributed by atoms with van der Waals surface area (Å²) in [6.07, 6.45) is 7.22. The molecule has 0 unspecified atom stereocenters. The van der Waals surface area contributed by atoms with Crippen LogP contribution in [0.25, 0.3) is 0 Å². The van der Waals surface area contributed by atoms with Gasteiger partial charge in [-0.3, -0.25) is 9.48 Å². The van der Waals surface area contributed by atoms with Gasteiger partial charge in [0.15, 0.2) is 0 Å². The van der Waals surface area contributed by atoms with Gasteiger partial charge in [-0.1, -0.05) is 6.42 Å². The molecule has 3 N–H and O–H groups in total.